The van der Waals surface area contributed by atoms with E-state index in [0.717, 1.165) is 0 Å². The molecule has 2 heteroatoms. The van der Waals surface area contributed by atoms with Gasteiger partial charge in [-0.1, -0.05) is 18.2 Å². The normalized spacial score (nSPS) is 23.9. The number of hydrogen-bond donors (Lipinski definition) is 0. The third-order valence-electron chi connectivity index (χ3n) is 5.03. The van der Waals surface area contributed by atoms with Crippen LogP contribution < -0.4 is 0 Å². The van der Waals surface area contributed by atoms with Crippen molar-refractivity contribution in [3.8, 4) is 0 Å². The van der Waals surface area contributed by atoms with Gasteiger partial charge in [-0.3, -0.25) is 4.90 Å². The van der Waals surface area contributed by atoms with Crippen LogP contribution in [0.1, 0.15) is 43.0 Å². The number of likely N-dealkylation sites (tertiary alicyclic amines) is 1. The van der Waals surface area contributed by atoms with Crippen LogP contribution in [0.4, 0.5) is 0 Å². The summed E-state index contributed by atoms with van der Waals surface area (Å²) in [5.74, 6) is 0. The van der Waals surface area contributed by atoms with Gasteiger partial charge < -0.3 is 4.57 Å². The molecule has 1 aromatic heterocycles. The topological polar surface area (TPSA) is 8.17 Å². The lowest BCUT2D eigenvalue weighted by molar-refractivity contribution is 0.203. The first kappa shape index (κ1) is 11.5. The Morgan fingerprint density at radius 2 is 1.79 bits per heavy atom. The zero-order chi connectivity index (χ0) is 12.8. The Kier molecular flexibility index (Phi) is 2.66. The molecular weight excluding hydrogens is 232 g/mol. The summed E-state index contributed by atoms with van der Waals surface area (Å²) in [7, 11) is 0. The molecule has 0 radical (unpaired) electrons. The first-order valence-electron chi connectivity index (χ1n) is 7.68. The predicted octanol–water partition coefficient (Wildman–Crippen LogP) is 3.88. The highest BCUT2D eigenvalue weighted by atomic mass is 15.2. The highest BCUT2D eigenvalue weighted by Crippen LogP contribution is 2.39. The largest absolute Gasteiger partial charge is 0.343 e. The first-order chi connectivity index (χ1) is 9.36. The van der Waals surface area contributed by atoms with Crippen molar-refractivity contribution in [2.75, 3.05) is 13.1 Å². The molecule has 2 aliphatic heterocycles. The smallest absolute Gasteiger partial charge is 0.0504 e. The maximum absolute atomic E-state index is 2.72. The second-order valence-corrected chi connectivity index (χ2v) is 6.08. The van der Waals surface area contributed by atoms with Crippen LogP contribution in [0.2, 0.25) is 0 Å². The van der Waals surface area contributed by atoms with Crippen LogP contribution in [0.5, 0.6) is 0 Å². The molecule has 0 amide bonds. The molecule has 0 saturated carbocycles. The van der Waals surface area contributed by atoms with Crippen molar-refractivity contribution in [3.05, 3.63) is 35.5 Å². The fourth-order valence-corrected chi connectivity index (χ4v) is 4.16. The van der Waals surface area contributed by atoms with Crippen LogP contribution in [0.3, 0.4) is 0 Å². The zero-order valence-corrected chi connectivity index (χ0v) is 11.7. The van der Waals surface area contributed by atoms with E-state index in [1.807, 2.05) is 0 Å². The molecule has 1 fully saturated rings. The number of para-hydroxylation sites is 1. The third kappa shape index (κ3) is 1.66. The quantitative estimate of drug-likeness (QED) is 0.749. The van der Waals surface area contributed by atoms with Crippen molar-refractivity contribution in [3.63, 3.8) is 0 Å². The Balaban J connectivity index is 1.89. The lowest BCUT2D eigenvalue weighted by Crippen LogP contribution is -2.31. The number of aromatic nitrogens is 1. The Labute approximate surface area is 115 Å². The Bertz CT molecular complexity index is 605. The highest BCUT2D eigenvalue weighted by Gasteiger charge is 2.31. The molecule has 1 atom stereocenters. The van der Waals surface area contributed by atoms with Gasteiger partial charge >= 0.3 is 0 Å². The minimum absolute atomic E-state index is 0.670. The van der Waals surface area contributed by atoms with Crippen molar-refractivity contribution in [1.82, 2.24) is 9.47 Å². The van der Waals surface area contributed by atoms with Gasteiger partial charge in [-0.15, -0.1) is 0 Å². The SMILES string of the molecule is Cc1c2n(c3ccccc13)CCCC2N1CCCC1. The minimum Gasteiger partial charge on any atom is -0.343 e. The number of hydrogen-bond acceptors (Lipinski definition) is 1. The van der Waals surface area contributed by atoms with E-state index in [-0.39, 0.29) is 0 Å². The Hall–Kier alpha value is -1.28. The van der Waals surface area contributed by atoms with E-state index in [1.165, 1.54) is 61.8 Å². The number of aryl methyl sites for hydroxylation is 2. The van der Waals surface area contributed by atoms with E-state index in [4.69, 9.17) is 0 Å². The fourth-order valence-electron chi connectivity index (χ4n) is 4.16. The summed E-state index contributed by atoms with van der Waals surface area (Å²) in [5.41, 5.74) is 4.57. The van der Waals surface area contributed by atoms with Gasteiger partial charge in [-0.05, 0) is 57.3 Å². The van der Waals surface area contributed by atoms with Gasteiger partial charge in [0, 0.05) is 23.1 Å². The zero-order valence-electron chi connectivity index (χ0n) is 11.7. The summed E-state index contributed by atoms with van der Waals surface area (Å²) in [6.45, 7) is 6.12. The molecule has 1 aromatic carbocycles. The van der Waals surface area contributed by atoms with Crippen molar-refractivity contribution in [2.45, 2.75) is 45.2 Å². The lowest BCUT2D eigenvalue weighted by atomic mass is 9.99. The highest BCUT2D eigenvalue weighted by molar-refractivity contribution is 5.85. The average Bonchev–Trinajstić information content (AvgIpc) is 3.08. The molecule has 100 valence electrons. The van der Waals surface area contributed by atoms with E-state index in [9.17, 15) is 0 Å². The van der Waals surface area contributed by atoms with Crippen LogP contribution in [0, 0.1) is 6.92 Å². The maximum Gasteiger partial charge on any atom is 0.0504 e. The van der Waals surface area contributed by atoms with Gasteiger partial charge in [0.25, 0.3) is 0 Å². The molecule has 0 aliphatic carbocycles. The van der Waals surface area contributed by atoms with Crippen molar-refractivity contribution in [1.29, 1.82) is 0 Å². The third-order valence-corrected chi connectivity index (χ3v) is 5.03. The molecular formula is C17H22N2. The molecule has 2 aromatic rings. The van der Waals surface area contributed by atoms with E-state index >= 15 is 0 Å². The Morgan fingerprint density at radius 1 is 1.00 bits per heavy atom. The summed E-state index contributed by atoms with van der Waals surface area (Å²) in [4.78, 5) is 2.72. The molecule has 0 N–H and O–H groups in total. The van der Waals surface area contributed by atoms with Gasteiger partial charge in [0.15, 0.2) is 0 Å². The maximum atomic E-state index is 2.72. The molecule has 1 saturated heterocycles. The standard InChI is InChI=1S/C17H22N2/c1-13-14-7-2-3-8-15(14)19-12-6-9-16(17(13)19)18-10-4-5-11-18/h2-3,7-8,16H,4-6,9-12H2,1H3. The number of nitrogens with zero attached hydrogens (tertiary/aromatic N) is 2. The second kappa shape index (κ2) is 4.38. The van der Waals surface area contributed by atoms with E-state index in [0.29, 0.717) is 6.04 Å². The van der Waals surface area contributed by atoms with Crippen LogP contribution >= 0.6 is 0 Å². The lowest BCUT2D eigenvalue weighted by Gasteiger charge is -2.33. The molecule has 0 bridgehead atoms. The summed E-state index contributed by atoms with van der Waals surface area (Å²) >= 11 is 0. The van der Waals surface area contributed by atoms with Crippen LogP contribution in [-0.2, 0) is 6.54 Å². The van der Waals surface area contributed by atoms with Crippen LogP contribution in [0.25, 0.3) is 10.9 Å². The van der Waals surface area contributed by atoms with Gasteiger partial charge in [0.1, 0.15) is 0 Å². The first-order valence-corrected chi connectivity index (χ1v) is 7.68. The number of fused-ring (bicyclic) bond motifs is 3. The van der Waals surface area contributed by atoms with E-state index < -0.39 is 0 Å². The monoisotopic (exact) mass is 254 g/mol. The van der Waals surface area contributed by atoms with Gasteiger partial charge in [-0.2, -0.15) is 0 Å². The van der Waals surface area contributed by atoms with Gasteiger partial charge in [0.05, 0.1) is 6.04 Å². The molecule has 2 aliphatic rings. The molecule has 4 rings (SSSR count). The van der Waals surface area contributed by atoms with Crippen molar-refractivity contribution in [2.24, 2.45) is 0 Å². The predicted molar refractivity (Wildman–Crippen MR) is 79.5 cm³/mol. The average molecular weight is 254 g/mol. The summed E-state index contributed by atoms with van der Waals surface area (Å²) in [6, 6.07) is 9.60. The molecule has 1 unspecified atom stereocenters. The van der Waals surface area contributed by atoms with Crippen molar-refractivity contribution >= 4 is 10.9 Å². The molecule has 2 nitrogen and oxygen atoms in total. The molecule has 19 heavy (non-hydrogen) atoms. The Morgan fingerprint density at radius 3 is 2.63 bits per heavy atom. The fraction of sp³-hybridized carbons (Fsp3) is 0.529. The van der Waals surface area contributed by atoms with Gasteiger partial charge in [-0.25, -0.2) is 0 Å². The number of rotatable bonds is 1. The van der Waals surface area contributed by atoms with E-state index in [2.05, 4.69) is 40.7 Å². The van der Waals surface area contributed by atoms with E-state index in [1.54, 1.807) is 5.69 Å². The summed E-state index contributed by atoms with van der Waals surface area (Å²) in [5, 5.41) is 1.46. The van der Waals surface area contributed by atoms with Crippen LogP contribution in [0.15, 0.2) is 24.3 Å². The summed E-state index contributed by atoms with van der Waals surface area (Å²) < 4.78 is 2.59. The van der Waals surface area contributed by atoms with Crippen LogP contribution in [-0.4, -0.2) is 22.6 Å². The molecule has 3 heterocycles. The second-order valence-electron chi connectivity index (χ2n) is 6.08. The van der Waals surface area contributed by atoms with Crippen molar-refractivity contribution < 1.29 is 0 Å². The minimum atomic E-state index is 0.670. The summed E-state index contributed by atoms with van der Waals surface area (Å²) in [6.07, 6.45) is 5.44. The molecule has 0 spiro atoms. The number of benzene rings is 1. The van der Waals surface area contributed by atoms with Gasteiger partial charge in [0.2, 0.25) is 0 Å².